The summed E-state index contributed by atoms with van der Waals surface area (Å²) in [5, 5.41) is 10.8. The molecule has 0 aromatic heterocycles. The molecular weight excluding hydrogens is 465 g/mol. The first-order chi connectivity index (χ1) is 17.9. The van der Waals surface area contributed by atoms with Crippen LogP contribution in [0, 0.1) is 0 Å². The first-order valence-corrected chi connectivity index (χ1v) is 13.1. The van der Waals surface area contributed by atoms with E-state index in [4.69, 9.17) is 4.99 Å². The van der Waals surface area contributed by atoms with E-state index >= 15 is 0 Å². The number of guanidine groups is 1. The van der Waals surface area contributed by atoms with Gasteiger partial charge in [-0.3, -0.25) is 9.89 Å². The van der Waals surface area contributed by atoms with E-state index in [1.54, 1.807) is 12.3 Å². The molecule has 0 bridgehead atoms. The van der Waals surface area contributed by atoms with Crippen LogP contribution in [-0.2, 0) is 0 Å². The third kappa shape index (κ3) is 10.4. The van der Waals surface area contributed by atoms with Crippen LogP contribution in [0.2, 0.25) is 0 Å². The topological polar surface area (TPSA) is 63.8 Å². The van der Waals surface area contributed by atoms with Gasteiger partial charge in [0.2, 0.25) is 5.96 Å². The van der Waals surface area contributed by atoms with Crippen LogP contribution in [0.3, 0.4) is 0 Å². The minimum atomic E-state index is -0.521. The molecule has 37 heavy (non-hydrogen) atoms. The molecule has 1 atom stereocenters. The van der Waals surface area contributed by atoms with E-state index in [0.717, 1.165) is 61.3 Å². The molecule has 2 rings (SSSR count). The van der Waals surface area contributed by atoms with E-state index in [2.05, 4.69) is 28.4 Å². The van der Waals surface area contributed by atoms with Gasteiger partial charge in [0.1, 0.15) is 6.67 Å². The number of rotatable bonds is 13. The fourth-order valence-corrected chi connectivity index (χ4v) is 4.04. The number of unbranched alkanes of at least 4 members (excludes halogenated alkanes) is 1. The monoisotopic (exact) mass is 507 g/mol. The fourth-order valence-electron chi connectivity index (χ4n) is 4.04. The molecule has 0 amide bonds. The van der Waals surface area contributed by atoms with E-state index in [-0.39, 0.29) is 5.83 Å². The maximum absolute atomic E-state index is 13.3. The number of nitrogens with zero attached hydrogens (tertiary/aromatic N) is 5. The van der Waals surface area contributed by atoms with Crippen LogP contribution in [0.5, 0.6) is 0 Å². The second-order valence-electron chi connectivity index (χ2n) is 9.03. The summed E-state index contributed by atoms with van der Waals surface area (Å²) in [7, 11) is 0. The lowest BCUT2D eigenvalue weighted by Crippen LogP contribution is -2.34. The van der Waals surface area contributed by atoms with Crippen LogP contribution in [0.4, 0.5) is 4.39 Å². The number of aliphatic imine (C=N–C) groups is 3. The Morgan fingerprint density at radius 3 is 2.59 bits per heavy atom. The Morgan fingerprint density at radius 2 is 1.95 bits per heavy atom. The zero-order valence-corrected chi connectivity index (χ0v) is 22.8. The van der Waals surface area contributed by atoms with Crippen molar-refractivity contribution in [2.75, 3.05) is 26.3 Å². The zero-order valence-electron chi connectivity index (χ0n) is 22.8. The molecule has 7 heteroatoms. The highest BCUT2D eigenvalue weighted by atomic mass is 19.1. The van der Waals surface area contributed by atoms with Gasteiger partial charge in [-0.15, -0.1) is 0 Å². The van der Waals surface area contributed by atoms with Crippen LogP contribution in [0.25, 0.3) is 0 Å². The minimum absolute atomic E-state index is 0.246. The molecule has 0 radical (unpaired) electrons. The van der Waals surface area contributed by atoms with Crippen LogP contribution < -0.4 is 0 Å². The molecule has 0 saturated carbocycles. The molecule has 1 heterocycles. The van der Waals surface area contributed by atoms with Crippen LogP contribution >= 0.6 is 0 Å². The van der Waals surface area contributed by atoms with Gasteiger partial charge in [-0.05, 0) is 76.4 Å². The summed E-state index contributed by atoms with van der Waals surface area (Å²) in [6.07, 6.45) is 11.8. The Morgan fingerprint density at radius 1 is 1.22 bits per heavy atom. The highest BCUT2D eigenvalue weighted by Crippen LogP contribution is 2.21. The summed E-state index contributed by atoms with van der Waals surface area (Å²) in [6.45, 7) is 13.9. The lowest BCUT2D eigenvalue weighted by Gasteiger charge is -2.30. The number of hydrogen-bond donors (Lipinski definition) is 1. The Labute approximate surface area is 222 Å². The van der Waals surface area contributed by atoms with Crippen molar-refractivity contribution in [1.82, 2.24) is 9.80 Å². The molecule has 1 aromatic carbocycles. The minimum Gasteiger partial charge on any atom is -0.387 e. The quantitative estimate of drug-likeness (QED) is 0.186. The van der Waals surface area contributed by atoms with Crippen molar-refractivity contribution >= 4 is 17.9 Å². The fraction of sp³-hybridized carbons (Fsp3) is 0.433. The molecule has 1 aliphatic rings. The largest absolute Gasteiger partial charge is 0.387 e. The maximum atomic E-state index is 13.3. The average molecular weight is 508 g/mol. The molecule has 0 saturated heterocycles. The van der Waals surface area contributed by atoms with E-state index in [0.29, 0.717) is 19.2 Å². The molecule has 0 spiro atoms. The van der Waals surface area contributed by atoms with Crippen LogP contribution in [-0.4, -0.2) is 59.1 Å². The van der Waals surface area contributed by atoms with Gasteiger partial charge in [-0.1, -0.05) is 56.3 Å². The smallest absolute Gasteiger partial charge is 0.230 e. The van der Waals surface area contributed by atoms with Crippen molar-refractivity contribution in [3.05, 3.63) is 84.0 Å². The standard InChI is InChI=1S/C30H42FN5O/c1-6-9-19-35(22-29(37)26-14-11-10-12-15-26)20-13-16-27-21-28(24(4)17-18-25(5)31)34-23-36(27)30(32-7-2)33-8-3/h7-8,10-12,14-15,17-18,21,29,37H,2,6,9,13,16,19-20,22-23H2,1,3-5H3/b24-17+,25-18+,32-30?,33-8-. The number of allylic oxidation sites excluding steroid dienone is 6. The van der Waals surface area contributed by atoms with Crippen molar-refractivity contribution in [3.63, 3.8) is 0 Å². The maximum Gasteiger partial charge on any atom is 0.230 e. The SMILES string of the molecule is C=CN=C(/N=C\C)N1CN=C(/C(C)=C/C=C(\C)F)C=C1CCCN(CCCC)CC(O)c1ccccc1. The predicted octanol–water partition coefficient (Wildman–Crippen LogP) is 6.61. The van der Waals surface area contributed by atoms with Gasteiger partial charge >= 0.3 is 0 Å². The van der Waals surface area contributed by atoms with Gasteiger partial charge in [0.15, 0.2) is 0 Å². The summed E-state index contributed by atoms with van der Waals surface area (Å²) in [5.41, 5.74) is 3.70. The van der Waals surface area contributed by atoms with Crippen molar-refractivity contribution in [2.24, 2.45) is 15.0 Å². The van der Waals surface area contributed by atoms with Gasteiger partial charge in [0.05, 0.1) is 17.6 Å². The van der Waals surface area contributed by atoms with Crippen molar-refractivity contribution in [2.45, 2.75) is 59.5 Å². The molecule has 0 aliphatic carbocycles. The summed E-state index contributed by atoms with van der Waals surface area (Å²) in [5.74, 6) is 0.291. The predicted molar refractivity (Wildman–Crippen MR) is 155 cm³/mol. The summed E-state index contributed by atoms with van der Waals surface area (Å²) >= 11 is 0. The van der Waals surface area contributed by atoms with Crippen molar-refractivity contribution in [1.29, 1.82) is 0 Å². The molecule has 200 valence electrons. The van der Waals surface area contributed by atoms with Gasteiger partial charge in [-0.2, -0.15) is 0 Å². The molecule has 1 unspecified atom stereocenters. The number of benzene rings is 1. The van der Waals surface area contributed by atoms with E-state index in [9.17, 15) is 9.50 Å². The first-order valence-electron chi connectivity index (χ1n) is 13.1. The Balaban J connectivity index is 2.20. The number of hydrogen-bond acceptors (Lipinski definition) is 4. The third-order valence-corrected chi connectivity index (χ3v) is 6.04. The van der Waals surface area contributed by atoms with Crippen molar-refractivity contribution in [3.8, 4) is 0 Å². The van der Waals surface area contributed by atoms with E-state index < -0.39 is 6.10 Å². The van der Waals surface area contributed by atoms with Gasteiger partial charge in [0, 0.05) is 24.7 Å². The van der Waals surface area contributed by atoms with Gasteiger partial charge in [-0.25, -0.2) is 14.4 Å². The van der Waals surface area contributed by atoms with Gasteiger partial charge in [0.25, 0.3) is 0 Å². The van der Waals surface area contributed by atoms with Crippen LogP contribution in [0.1, 0.15) is 65.0 Å². The highest BCUT2D eigenvalue weighted by molar-refractivity contribution is 6.09. The molecular formula is C30H42FN5O. The van der Waals surface area contributed by atoms with E-state index in [1.807, 2.05) is 55.2 Å². The number of halogens is 1. The van der Waals surface area contributed by atoms with E-state index in [1.165, 1.54) is 19.2 Å². The van der Waals surface area contributed by atoms with Gasteiger partial charge < -0.3 is 10.0 Å². The lowest BCUT2D eigenvalue weighted by atomic mass is 10.1. The summed E-state index contributed by atoms with van der Waals surface area (Å²) < 4.78 is 13.3. The summed E-state index contributed by atoms with van der Waals surface area (Å²) in [4.78, 5) is 17.8. The normalized spacial score (nSPS) is 16.3. The first kappa shape index (κ1) is 30.1. The molecule has 1 N–H and O–H groups in total. The number of aliphatic hydroxyl groups is 1. The molecule has 0 fully saturated rings. The number of aliphatic hydroxyl groups excluding tert-OH is 1. The zero-order chi connectivity index (χ0) is 27.0. The second-order valence-corrected chi connectivity index (χ2v) is 9.03. The van der Waals surface area contributed by atoms with Crippen molar-refractivity contribution < 1.29 is 9.50 Å². The Bertz CT molecular complexity index is 1040. The third-order valence-electron chi connectivity index (χ3n) is 6.04. The highest BCUT2D eigenvalue weighted by Gasteiger charge is 2.21. The Hall–Kier alpha value is -3.16. The second kappa shape index (κ2) is 16.6. The van der Waals surface area contributed by atoms with Crippen LogP contribution in [0.15, 0.2) is 93.4 Å². The average Bonchev–Trinajstić information content (AvgIpc) is 2.90. The molecule has 1 aliphatic heterocycles. The molecule has 1 aromatic rings. The summed E-state index contributed by atoms with van der Waals surface area (Å²) in [6, 6.07) is 9.82. The lowest BCUT2D eigenvalue weighted by molar-refractivity contribution is 0.111. The molecule has 6 nitrogen and oxygen atoms in total. The Kier molecular flexibility index (Phi) is 13.5.